The third-order valence-electron chi connectivity index (χ3n) is 4.87. The Labute approximate surface area is 164 Å². The van der Waals surface area contributed by atoms with Crippen LogP contribution in [-0.2, 0) is 20.7 Å². The molecule has 0 radical (unpaired) electrons. The van der Waals surface area contributed by atoms with Crippen LogP contribution < -0.4 is 4.74 Å². The molecule has 0 spiro atoms. The van der Waals surface area contributed by atoms with E-state index < -0.39 is 0 Å². The molecule has 7 heteroatoms. The van der Waals surface area contributed by atoms with Crippen molar-refractivity contribution in [2.75, 3.05) is 26.8 Å². The van der Waals surface area contributed by atoms with Gasteiger partial charge in [0.2, 0.25) is 5.91 Å². The maximum Gasteiger partial charge on any atom is 0.310 e. The van der Waals surface area contributed by atoms with Crippen molar-refractivity contribution in [3.8, 4) is 17.1 Å². The Morgan fingerprint density at radius 1 is 1.29 bits per heavy atom. The maximum atomic E-state index is 12.5. The van der Waals surface area contributed by atoms with Crippen molar-refractivity contribution in [3.05, 3.63) is 36.4 Å². The van der Waals surface area contributed by atoms with Crippen LogP contribution in [0.1, 0.15) is 32.1 Å². The van der Waals surface area contributed by atoms with E-state index in [2.05, 4.69) is 4.98 Å². The molecule has 1 aliphatic heterocycles. The van der Waals surface area contributed by atoms with E-state index in [0.717, 1.165) is 24.2 Å². The molecule has 1 aliphatic rings. The first-order chi connectivity index (χ1) is 13.6. The van der Waals surface area contributed by atoms with Crippen LogP contribution in [0, 0.1) is 5.92 Å². The molecule has 0 N–H and O–H groups in total. The Balaban J connectivity index is 1.53. The number of carbonyl (C=O) groups excluding carboxylic acids is 2. The molecule has 28 heavy (non-hydrogen) atoms. The Hall–Kier alpha value is -2.83. The summed E-state index contributed by atoms with van der Waals surface area (Å²) in [5, 5.41) is 0. The van der Waals surface area contributed by atoms with Crippen molar-refractivity contribution >= 4 is 11.9 Å². The van der Waals surface area contributed by atoms with E-state index in [4.69, 9.17) is 13.9 Å². The summed E-state index contributed by atoms with van der Waals surface area (Å²) in [6, 6.07) is 7.52. The molecule has 0 saturated carbocycles. The molecule has 2 aromatic rings. The number of amides is 1. The number of ether oxygens (including phenoxy) is 2. The van der Waals surface area contributed by atoms with Crippen LogP contribution in [0.15, 0.2) is 34.9 Å². The standard InChI is InChI=1S/C21H26N2O5/c1-3-27-21(25)16-5-4-12-23(14-16)20(24)11-10-19-22-13-18(28-19)15-6-8-17(26-2)9-7-15/h6-9,13,16H,3-5,10-12,14H2,1-2H3. The molecule has 1 unspecified atom stereocenters. The van der Waals surface area contributed by atoms with Gasteiger partial charge in [-0.2, -0.15) is 0 Å². The minimum atomic E-state index is -0.221. The summed E-state index contributed by atoms with van der Waals surface area (Å²) < 4.78 is 16.0. The van der Waals surface area contributed by atoms with E-state index in [1.54, 1.807) is 25.1 Å². The monoisotopic (exact) mass is 386 g/mol. The Morgan fingerprint density at radius 3 is 2.79 bits per heavy atom. The highest BCUT2D eigenvalue weighted by atomic mass is 16.5. The topological polar surface area (TPSA) is 81.9 Å². The first kappa shape index (κ1) is 19.9. The molecule has 3 rings (SSSR count). The fourth-order valence-electron chi connectivity index (χ4n) is 3.34. The fraction of sp³-hybridized carbons (Fsp3) is 0.476. The lowest BCUT2D eigenvalue weighted by molar-refractivity contribution is -0.151. The largest absolute Gasteiger partial charge is 0.497 e. The highest BCUT2D eigenvalue weighted by molar-refractivity contribution is 5.78. The van der Waals surface area contributed by atoms with Gasteiger partial charge in [-0.1, -0.05) is 0 Å². The lowest BCUT2D eigenvalue weighted by Crippen LogP contribution is -2.42. The first-order valence-corrected chi connectivity index (χ1v) is 9.64. The number of benzene rings is 1. The van der Waals surface area contributed by atoms with Gasteiger partial charge in [-0.05, 0) is 44.0 Å². The van der Waals surface area contributed by atoms with E-state index in [1.165, 1.54) is 0 Å². The summed E-state index contributed by atoms with van der Waals surface area (Å²) in [7, 11) is 1.62. The second-order valence-corrected chi connectivity index (χ2v) is 6.78. The number of hydrogen-bond acceptors (Lipinski definition) is 6. The molecule has 1 atom stereocenters. The predicted molar refractivity (Wildman–Crippen MR) is 103 cm³/mol. The van der Waals surface area contributed by atoms with Gasteiger partial charge in [-0.3, -0.25) is 9.59 Å². The Kier molecular flexibility index (Phi) is 6.68. The quantitative estimate of drug-likeness (QED) is 0.680. The Morgan fingerprint density at radius 2 is 2.07 bits per heavy atom. The van der Waals surface area contributed by atoms with Gasteiger partial charge >= 0.3 is 5.97 Å². The number of carbonyl (C=O) groups is 2. The maximum absolute atomic E-state index is 12.5. The first-order valence-electron chi connectivity index (χ1n) is 9.64. The summed E-state index contributed by atoms with van der Waals surface area (Å²) in [4.78, 5) is 30.5. The van der Waals surface area contributed by atoms with Crippen LogP contribution in [-0.4, -0.2) is 48.6 Å². The highest BCUT2D eigenvalue weighted by Gasteiger charge is 2.29. The molecule has 1 amide bonds. The van der Waals surface area contributed by atoms with Crippen molar-refractivity contribution in [1.82, 2.24) is 9.88 Å². The van der Waals surface area contributed by atoms with Crippen LogP contribution in [0.3, 0.4) is 0 Å². The third-order valence-corrected chi connectivity index (χ3v) is 4.87. The van der Waals surface area contributed by atoms with E-state index in [9.17, 15) is 9.59 Å². The SMILES string of the molecule is CCOC(=O)C1CCCN(C(=O)CCc2ncc(-c3ccc(OC)cc3)o2)C1. The lowest BCUT2D eigenvalue weighted by atomic mass is 9.98. The van der Waals surface area contributed by atoms with Crippen molar-refractivity contribution in [2.24, 2.45) is 5.92 Å². The molecule has 7 nitrogen and oxygen atoms in total. The molecule has 2 heterocycles. The summed E-state index contributed by atoms with van der Waals surface area (Å²) in [6.07, 6.45) is 3.98. The van der Waals surface area contributed by atoms with Gasteiger partial charge in [0.1, 0.15) is 5.75 Å². The molecule has 1 aromatic carbocycles. The zero-order valence-electron chi connectivity index (χ0n) is 16.3. The van der Waals surface area contributed by atoms with Crippen LogP contribution >= 0.6 is 0 Å². The van der Waals surface area contributed by atoms with Crippen LogP contribution in [0.5, 0.6) is 5.75 Å². The average Bonchev–Trinajstić information content (AvgIpc) is 3.21. The molecule has 1 saturated heterocycles. The Bertz CT molecular complexity index is 799. The fourth-order valence-corrected chi connectivity index (χ4v) is 3.34. The minimum Gasteiger partial charge on any atom is -0.497 e. The van der Waals surface area contributed by atoms with E-state index in [0.29, 0.717) is 44.2 Å². The molecule has 150 valence electrons. The van der Waals surface area contributed by atoms with Gasteiger partial charge in [0.15, 0.2) is 11.7 Å². The van der Waals surface area contributed by atoms with Crippen molar-refractivity contribution < 1.29 is 23.5 Å². The molecule has 1 fully saturated rings. The number of methoxy groups -OCH3 is 1. The summed E-state index contributed by atoms with van der Waals surface area (Å²) in [5.41, 5.74) is 0.902. The summed E-state index contributed by atoms with van der Waals surface area (Å²) in [6.45, 7) is 3.27. The number of piperidine rings is 1. The van der Waals surface area contributed by atoms with Gasteiger partial charge in [-0.15, -0.1) is 0 Å². The molecule has 0 aliphatic carbocycles. The number of esters is 1. The predicted octanol–water partition coefficient (Wildman–Crippen LogP) is 3.08. The van der Waals surface area contributed by atoms with Gasteiger partial charge in [0.25, 0.3) is 0 Å². The zero-order valence-corrected chi connectivity index (χ0v) is 16.3. The van der Waals surface area contributed by atoms with Gasteiger partial charge in [0.05, 0.1) is 25.8 Å². The third kappa shape index (κ3) is 4.91. The summed E-state index contributed by atoms with van der Waals surface area (Å²) in [5.74, 6) is 1.54. The molecular formula is C21H26N2O5. The number of oxazole rings is 1. The number of likely N-dealkylation sites (tertiary alicyclic amines) is 1. The number of nitrogens with zero attached hydrogens (tertiary/aromatic N) is 2. The lowest BCUT2D eigenvalue weighted by Gasteiger charge is -2.31. The zero-order chi connectivity index (χ0) is 19.9. The molecule has 1 aromatic heterocycles. The van der Waals surface area contributed by atoms with Crippen molar-refractivity contribution in [1.29, 1.82) is 0 Å². The summed E-state index contributed by atoms with van der Waals surface area (Å²) >= 11 is 0. The second kappa shape index (κ2) is 9.39. The molecule has 0 bridgehead atoms. The normalized spacial score (nSPS) is 16.6. The van der Waals surface area contributed by atoms with Gasteiger partial charge in [-0.25, -0.2) is 4.98 Å². The highest BCUT2D eigenvalue weighted by Crippen LogP contribution is 2.24. The number of rotatable bonds is 7. The van der Waals surface area contributed by atoms with Gasteiger partial charge in [0, 0.05) is 31.5 Å². The minimum absolute atomic E-state index is 0.0122. The van der Waals surface area contributed by atoms with E-state index in [1.807, 2.05) is 24.3 Å². The van der Waals surface area contributed by atoms with Gasteiger partial charge < -0.3 is 18.8 Å². The molecular weight excluding hydrogens is 360 g/mol. The number of aryl methyl sites for hydroxylation is 1. The van der Waals surface area contributed by atoms with Crippen LogP contribution in [0.4, 0.5) is 0 Å². The number of aromatic nitrogens is 1. The van der Waals surface area contributed by atoms with Crippen LogP contribution in [0.2, 0.25) is 0 Å². The number of hydrogen-bond donors (Lipinski definition) is 0. The second-order valence-electron chi connectivity index (χ2n) is 6.78. The average molecular weight is 386 g/mol. The smallest absolute Gasteiger partial charge is 0.310 e. The van der Waals surface area contributed by atoms with E-state index >= 15 is 0 Å². The van der Waals surface area contributed by atoms with Crippen molar-refractivity contribution in [2.45, 2.75) is 32.6 Å². The van der Waals surface area contributed by atoms with Crippen LogP contribution in [0.25, 0.3) is 11.3 Å². The van der Waals surface area contributed by atoms with Crippen molar-refractivity contribution in [3.63, 3.8) is 0 Å². The van der Waals surface area contributed by atoms with E-state index in [-0.39, 0.29) is 17.8 Å².